The molecule has 0 unspecified atom stereocenters. The van der Waals surface area contributed by atoms with E-state index in [-0.39, 0.29) is 0 Å². The van der Waals surface area contributed by atoms with E-state index in [1.54, 1.807) is 11.3 Å². The van der Waals surface area contributed by atoms with Gasteiger partial charge in [0.05, 0.1) is 0 Å². The number of hydrogen-bond donors (Lipinski definition) is 2. The van der Waals surface area contributed by atoms with E-state index >= 15 is 0 Å². The minimum Gasteiger partial charge on any atom is -0.301 e. The number of piperazine rings is 1. The van der Waals surface area contributed by atoms with Crippen LogP contribution >= 0.6 is 11.3 Å². The average molecular weight is 241 g/mol. The SMILES string of the molecule is CCN1CCN(Cc2cnc(NN)s2)CC1. The molecule has 1 saturated heterocycles. The van der Waals surface area contributed by atoms with Crippen LogP contribution in [-0.4, -0.2) is 47.5 Å². The predicted octanol–water partition coefficient (Wildman–Crippen LogP) is 0.566. The Morgan fingerprint density at radius 2 is 2.06 bits per heavy atom. The molecule has 1 aliphatic rings. The summed E-state index contributed by atoms with van der Waals surface area (Å²) in [4.78, 5) is 10.4. The first-order chi connectivity index (χ1) is 7.81. The maximum absolute atomic E-state index is 5.31. The Balaban J connectivity index is 1.82. The van der Waals surface area contributed by atoms with Crippen molar-refractivity contribution in [2.24, 2.45) is 5.84 Å². The summed E-state index contributed by atoms with van der Waals surface area (Å²) in [5.74, 6) is 5.31. The van der Waals surface area contributed by atoms with Gasteiger partial charge in [0.1, 0.15) is 0 Å². The van der Waals surface area contributed by atoms with Crippen LogP contribution in [0.4, 0.5) is 5.13 Å². The smallest absolute Gasteiger partial charge is 0.197 e. The van der Waals surface area contributed by atoms with Gasteiger partial charge in [0.25, 0.3) is 0 Å². The van der Waals surface area contributed by atoms with E-state index in [4.69, 9.17) is 5.84 Å². The van der Waals surface area contributed by atoms with E-state index in [1.807, 2.05) is 6.20 Å². The van der Waals surface area contributed by atoms with Crippen molar-refractivity contribution in [1.29, 1.82) is 0 Å². The summed E-state index contributed by atoms with van der Waals surface area (Å²) in [5.41, 5.74) is 2.58. The third-order valence-corrected chi connectivity index (χ3v) is 3.88. The fourth-order valence-corrected chi connectivity index (χ4v) is 2.70. The molecule has 0 saturated carbocycles. The average Bonchev–Trinajstić information content (AvgIpc) is 2.78. The highest BCUT2D eigenvalue weighted by Gasteiger charge is 2.16. The molecule has 90 valence electrons. The minimum absolute atomic E-state index is 0.794. The van der Waals surface area contributed by atoms with Crippen LogP contribution < -0.4 is 11.3 Å². The van der Waals surface area contributed by atoms with Crippen LogP contribution in [0.15, 0.2) is 6.20 Å². The molecule has 0 radical (unpaired) electrons. The molecule has 0 bridgehead atoms. The van der Waals surface area contributed by atoms with Gasteiger partial charge in [-0.05, 0) is 6.54 Å². The van der Waals surface area contributed by atoms with E-state index in [2.05, 4.69) is 27.1 Å². The number of aromatic nitrogens is 1. The van der Waals surface area contributed by atoms with Gasteiger partial charge in [0.15, 0.2) is 5.13 Å². The zero-order valence-corrected chi connectivity index (χ0v) is 10.5. The summed E-state index contributed by atoms with van der Waals surface area (Å²) >= 11 is 1.63. The van der Waals surface area contributed by atoms with Crippen LogP contribution in [0.25, 0.3) is 0 Å². The normalized spacial score (nSPS) is 18.9. The Morgan fingerprint density at radius 1 is 1.38 bits per heavy atom. The van der Waals surface area contributed by atoms with E-state index in [9.17, 15) is 0 Å². The second-order valence-electron chi connectivity index (χ2n) is 3.99. The predicted molar refractivity (Wildman–Crippen MR) is 67.3 cm³/mol. The monoisotopic (exact) mass is 241 g/mol. The van der Waals surface area contributed by atoms with Crippen molar-refractivity contribution in [3.63, 3.8) is 0 Å². The van der Waals surface area contributed by atoms with E-state index in [1.165, 1.54) is 18.0 Å². The fourth-order valence-electron chi connectivity index (χ4n) is 1.93. The molecule has 5 nitrogen and oxygen atoms in total. The zero-order chi connectivity index (χ0) is 11.4. The molecular formula is C10H19N5S. The highest BCUT2D eigenvalue weighted by molar-refractivity contribution is 7.15. The molecule has 1 aromatic heterocycles. The molecule has 1 aromatic rings. The van der Waals surface area contributed by atoms with Crippen LogP contribution in [0, 0.1) is 0 Å². The lowest BCUT2D eigenvalue weighted by molar-refractivity contribution is 0.133. The minimum atomic E-state index is 0.794. The van der Waals surface area contributed by atoms with Crippen molar-refractivity contribution in [1.82, 2.24) is 14.8 Å². The number of hydrazine groups is 1. The first-order valence-electron chi connectivity index (χ1n) is 5.68. The number of nitrogens with zero attached hydrogens (tertiary/aromatic N) is 3. The molecule has 6 heteroatoms. The summed E-state index contributed by atoms with van der Waals surface area (Å²) in [6.45, 7) is 9.04. The van der Waals surface area contributed by atoms with E-state index in [0.717, 1.165) is 31.3 Å². The lowest BCUT2D eigenvalue weighted by atomic mass is 10.3. The molecule has 0 aliphatic carbocycles. The van der Waals surface area contributed by atoms with Gasteiger partial charge in [-0.3, -0.25) is 10.3 Å². The van der Waals surface area contributed by atoms with Crippen LogP contribution in [0.2, 0.25) is 0 Å². The molecule has 2 heterocycles. The van der Waals surface area contributed by atoms with Crippen LogP contribution in [0.5, 0.6) is 0 Å². The topological polar surface area (TPSA) is 57.4 Å². The summed E-state index contributed by atoms with van der Waals surface area (Å²) < 4.78 is 0. The lowest BCUT2D eigenvalue weighted by Gasteiger charge is -2.33. The molecule has 16 heavy (non-hydrogen) atoms. The Kier molecular flexibility index (Phi) is 4.11. The number of likely N-dealkylation sites (N-methyl/N-ethyl adjacent to an activating group) is 1. The van der Waals surface area contributed by atoms with Gasteiger partial charge in [-0.15, -0.1) is 0 Å². The molecule has 0 spiro atoms. The van der Waals surface area contributed by atoms with E-state index < -0.39 is 0 Å². The molecule has 3 N–H and O–H groups in total. The van der Waals surface area contributed by atoms with Crippen molar-refractivity contribution in [3.05, 3.63) is 11.1 Å². The highest BCUT2D eigenvalue weighted by Crippen LogP contribution is 2.19. The first kappa shape index (κ1) is 11.8. The number of hydrogen-bond acceptors (Lipinski definition) is 6. The van der Waals surface area contributed by atoms with Crippen molar-refractivity contribution in [2.75, 3.05) is 38.1 Å². The number of nitrogen functional groups attached to an aromatic ring is 1. The van der Waals surface area contributed by atoms with Crippen molar-refractivity contribution >= 4 is 16.5 Å². The number of rotatable bonds is 4. The summed E-state index contributed by atoms with van der Waals surface area (Å²) in [5, 5.41) is 0.794. The third-order valence-electron chi connectivity index (χ3n) is 2.97. The molecule has 0 atom stereocenters. The van der Waals surface area contributed by atoms with Crippen molar-refractivity contribution in [2.45, 2.75) is 13.5 Å². The summed E-state index contributed by atoms with van der Waals surface area (Å²) in [6.07, 6.45) is 1.91. The van der Waals surface area contributed by atoms with Gasteiger partial charge in [-0.25, -0.2) is 10.8 Å². The van der Waals surface area contributed by atoms with Crippen LogP contribution in [0.3, 0.4) is 0 Å². The number of anilines is 1. The Hall–Kier alpha value is -0.690. The van der Waals surface area contributed by atoms with E-state index in [0.29, 0.717) is 0 Å². The second kappa shape index (κ2) is 5.58. The molecule has 0 amide bonds. The molecule has 1 fully saturated rings. The number of nitrogens with one attached hydrogen (secondary N) is 1. The number of thiazole rings is 1. The van der Waals surface area contributed by atoms with Gasteiger partial charge < -0.3 is 4.90 Å². The van der Waals surface area contributed by atoms with Gasteiger partial charge >= 0.3 is 0 Å². The van der Waals surface area contributed by atoms with Crippen LogP contribution in [-0.2, 0) is 6.54 Å². The number of nitrogens with two attached hydrogens (primary N) is 1. The van der Waals surface area contributed by atoms with Gasteiger partial charge in [-0.2, -0.15) is 0 Å². The zero-order valence-electron chi connectivity index (χ0n) is 9.65. The summed E-state index contributed by atoms with van der Waals surface area (Å²) in [7, 11) is 0. The Morgan fingerprint density at radius 3 is 2.62 bits per heavy atom. The van der Waals surface area contributed by atoms with Crippen LogP contribution in [0.1, 0.15) is 11.8 Å². The first-order valence-corrected chi connectivity index (χ1v) is 6.49. The second-order valence-corrected chi connectivity index (χ2v) is 5.10. The Labute approximate surface area is 100 Å². The van der Waals surface area contributed by atoms with Gasteiger partial charge in [-0.1, -0.05) is 18.3 Å². The summed E-state index contributed by atoms with van der Waals surface area (Å²) in [6, 6.07) is 0. The largest absolute Gasteiger partial charge is 0.301 e. The maximum Gasteiger partial charge on any atom is 0.197 e. The molecule has 1 aliphatic heterocycles. The fraction of sp³-hybridized carbons (Fsp3) is 0.700. The quantitative estimate of drug-likeness (QED) is 0.596. The molecular weight excluding hydrogens is 222 g/mol. The lowest BCUT2D eigenvalue weighted by Crippen LogP contribution is -2.45. The molecule has 2 rings (SSSR count). The van der Waals surface area contributed by atoms with Gasteiger partial charge in [0, 0.05) is 43.8 Å². The third kappa shape index (κ3) is 2.91. The van der Waals surface area contributed by atoms with Crippen molar-refractivity contribution < 1.29 is 0 Å². The Bertz CT molecular complexity index is 319. The maximum atomic E-state index is 5.31. The standard InChI is InChI=1S/C10H19N5S/c1-2-14-3-5-15(6-4-14)8-9-7-12-10(13-11)16-9/h7H,2-6,8,11H2,1H3,(H,12,13). The highest BCUT2D eigenvalue weighted by atomic mass is 32.1. The molecule has 0 aromatic carbocycles. The van der Waals surface area contributed by atoms with Crippen molar-refractivity contribution in [3.8, 4) is 0 Å². The van der Waals surface area contributed by atoms with Gasteiger partial charge in [0.2, 0.25) is 0 Å².